The van der Waals surface area contributed by atoms with Gasteiger partial charge in [0.15, 0.2) is 0 Å². The van der Waals surface area contributed by atoms with Crippen LogP contribution in [0.2, 0.25) is 0 Å². The summed E-state index contributed by atoms with van der Waals surface area (Å²) in [5.74, 6) is -0.770. The Balaban J connectivity index is 1.34. The minimum absolute atomic E-state index is 0.0688. The van der Waals surface area contributed by atoms with Gasteiger partial charge >= 0.3 is 0 Å². The molecular formula is C23H23N5O3S. The van der Waals surface area contributed by atoms with Gasteiger partial charge in [-0.2, -0.15) is 0 Å². The number of rotatable bonds is 6. The number of carbonyl (C=O) groups excluding carboxylic acids is 3. The first kappa shape index (κ1) is 21.6. The number of aromatic nitrogens is 2. The quantitative estimate of drug-likeness (QED) is 0.594. The zero-order chi connectivity index (χ0) is 22.7. The number of hydrogen-bond donors (Lipinski definition) is 2. The van der Waals surface area contributed by atoms with Gasteiger partial charge in [-0.05, 0) is 36.4 Å². The molecule has 3 amide bonds. The fraction of sp³-hybridized carbons (Fsp3) is 0.261. The Morgan fingerprint density at radius 3 is 2.41 bits per heavy atom. The van der Waals surface area contributed by atoms with E-state index in [2.05, 4.69) is 20.8 Å². The minimum atomic E-state index is -0.432. The second-order valence-corrected chi connectivity index (χ2v) is 8.87. The summed E-state index contributed by atoms with van der Waals surface area (Å²) in [6, 6.07) is 15.9. The van der Waals surface area contributed by atoms with Gasteiger partial charge in [-0.3, -0.25) is 19.7 Å². The normalized spacial score (nSPS) is 15.8. The Hall–Kier alpha value is -3.59. The fourth-order valence-electron chi connectivity index (χ4n) is 3.38. The van der Waals surface area contributed by atoms with E-state index in [1.807, 2.05) is 44.2 Å². The molecule has 1 fully saturated rings. The zero-order valence-electron chi connectivity index (χ0n) is 17.7. The maximum atomic E-state index is 12.7. The molecule has 1 saturated heterocycles. The highest BCUT2D eigenvalue weighted by atomic mass is 32.1. The number of nitrogens with one attached hydrogen (secondary N) is 2. The Morgan fingerprint density at radius 2 is 1.75 bits per heavy atom. The van der Waals surface area contributed by atoms with Crippen LogP contribution in [0.4, 0.5) is 16.5 Å². The predicted octanol–water partition coefficient (Wildman–Crippen LogP) is 3.91. The average Bonchev–Trinajstić information content (AvgIpc) is 3.42. The van der Waals surface area contributed by atoms with Crippen molar-refractivity contribution in [3.05, 3.63) is 65.2 Å². The first-order valence-corrected chi connectivity index (χ1v) is 11.1. The number of anilines is 3. The predicted molar refractivity (Wildman–Crippen MR) is 124 cm³/mol. The summed E-state index contributed by atoms with van der Waals surface area (Å²) in [4.78, 5) is 39.1. The van der Waals surface area contributed by atoms with E-state index in [-0.39, 0.29) is 30.1 Å². The van der Waals surface area contributed by atoms with E-state index in [0.717, 1.165) is 10.7 Å². The van der Waals surface area contributed by atoms with Crippen LogP contribution in [-0.2, 0) is 9.59 Å². The monoisotopic (exact) mass is 449 g/mol. The molecule has 1 atom stereocenters. The fourth-order valence-corrected chi connectivity index (χ4v) is 4.12. The van der Waals surface area contributed by atoms with E-state index in [1.54, 1.807) is 29.2 Å². The standard InChI is InChI=1S/C23H23N5O3S/c1-14(2)22-26-27-23(32-22)25-20(30)15-8-10-17(11-9-15)24-21(31)16-12-19(29)28(13-16)18-6-4-3-5-7-18/h3-11,14,16H,12-13H2,1-2H3,(H,24,31)(H,25,27,30). The molecule has 1 aliphatic rings. The van der Waals surface area contributed by atoms with Gasteiger partial charge in [-0.25, -0.2) is 0 Å². The first-order chi connectivity index (χ1) is 15.4. The van der Waals surface area contributed by atoms with Crippen molar-refractivity contribution >= 4 is 45.6 Å². The van der Waals surface area contributed by atoms with Gasteiger partial charge < -0.3 is 10.2 Å². The first-order valence-electron chi connectivity index (χ1n) is 10.3. The molecule has 0 spiro atoms. The number of benzene rings is 2. The highest BCUT2D eigenvalue weighted by molar-refractivity contribution is 7.15. The lowest BCUT2D eigenvalue weighted by Gasteiger charge is -2.16. The van der Waals surface area contributed by atoms with E-state index in [4.69, 9.17) is 0 Å². The van der Waals surface area contributed by atoms with Gasteiger partial charge in [0.1, 0.15) is 5.01 Å². The van der Waals surface area contributed by atoms with E-state index < -0.39 is 5.92 Å². The van der Waals surface area contributed by atoms with Gasteiger partial charge in [-0.1, -0.05) is 43.4 Å². The molecule has 0 aliphatic carbocycles. The largest absolute Gasteiger partial charge is 0.326 e. The van der Waals surface area contributed by atoms with Crippen molar-refractivity contribution < 1.29 is 14.4 Å². The van der Waals surface area contributed by atoms with E-state index in [9.17, 15) is 14.4 Å². The average molecular weight is 450 g/mol. The molecule has 1 aliphatic heterocycles. The molecule has 9 heteroatoms. The molecule has 1 unspecified atom stereocenters. The number of para-hydroxylation sites is 1. The lowest BCUT2D eigenvalue weighted by molar-refractivity contribution is -0.122. The number of hydrogen-bond acceptors (Lipinski definition) is 6. The summed E-state index contributed by atoms with van der Waals surface area (Å²) in [6.45, 7) is 4.37. The second-order valence-electron chi connectivity index (χ2n) is 7.86. The molecule has 2 N–H and O–H groups in total. The topological polar surface area (TPSA) is 104 Å². The maximum absolute atomic E-state index is 12.7. The molecule has 0 radical (unpaired) electrons. The van der Waals surface area contributed by atoms with Crippen LogP contribution in [0.1, 0.15) is 41.6 Å². The summed E-state index contributed by atoms with van der Waals surface area (Å²) in [6.07, 6.45) is 0.168. The Kier molecular flexibility index (Phi) is 6.27. The molecule has 2 heterocycles. The third-order valence-corrected chi connectivity index (χ3v) is 6.27. The zero-order valence-corrected chi connectivity index (χ0v) is 18.6. The summed E-state index contributed by atoms with van der Waals surface area (Å²) in [5.41, 5.74) is 1.80. The molecule has 2 aromatic carbocycles. The van der Waals surface area contributed by atoms with Crippen LogP contribution in [0.15, 0.2) is 54.6 Å². The van der Waals surface area contributed by atoms with Gasteiger partial charge in [0.2, 0.25) is 16.9 Å². The van der Waals surface area contributed by atoms with Gasteiger partial charge in [0, 0.05) is 35.8 Å². The van der Waals surface area contributed by atoms with Crippen LogP contribution in [0.25, 0.3) is 0 Å². The third kappa shape index (κ3) is 4.83. The molecule has 0 bridgehead atoms. The van der Waals surface area contributed by atoms with Crippen LogP contribution in [0, 0.1) is 5.92 Å². The van der Waals surface area contributed by atoms with Gasteiger partial charge in [-0.15, -0.1) is 10.2 Å². The van der Waals surface area contributed by atoms with Crippen molar-refractivity contribution in [2.45, 2.75) is 26.2 Å². The SMILES string of the molecule is CC(C)c1nnc(NC(=O)c2ccc(NC(=O)C3CC(=O)N(c4ccccc4)C3)cc2)s1. The van der Waals surface area contributed by atoms with Crippen LogP contribution >= 0.6 is 11.3 Å². The summed E-state index contributed by atoms with van der Waals surface area (Å²) < 4.78 is 0. The Morgan fingerprint density at radius 1 is 1.03 bits per heavy atom. The van der Waals surface area contributed by atoms with Crippen LogP contribution in [0.3, 0.4) is 0 Å². The van der Waals surface area contributed by atoms with Crippen LogP contribution in [-0.4, -0.2) is 34.5 Å². The van der Waals surface area contributed by atoms with Crippen molar-refractivity contribution in [3.8, 4) is 0 Å². The lowest BCUT2D eigenvalue weighted by Crippen LogP contribution is -2.28. The number of carbonyl (C=O) groups is 3. The van der Waals surface area contributed by atoms with Crippen molar-refractivity contribution in [1.29, 1.82) is 0 Å². The highest BCUT2D eigenvalue weighted by Crippen LogP contribution is 2.26. The molecule has 3 aromatic rings. The Labute approximate surface area is 189 Å². The summed E-state index contributed by atoms with van der Waals surface area (Å²) in [7, 11) is 0. The molecule has 1 aromatic heterocycles. The van der Waals surface area contributed by atoms with Crippen LogP contribution < -0.4 is 15.5 Å². The molecule has 4 rings (SSSR count). The number of nitrogens with zero attached hydrogens (tertiary/aromatic N) is 3. The molecule has 32 heavy (non-hydrogen) atoms. The third-order valence-electron chi connectivity index (χ3n) is 5.13. The summed E-state index contributed by atoms with van der Waals surface area (Å²) >= 11 is 1.35. The van der Waals surface area contributed by atoms with Crippen molar-refractivity contribution in [2.75, 3.05) is 22.1 Å². The van der Waals surface area contributed by atoms with Crippen molar-refractivity contribution in [2.24, 2.45) is 5.92 Å². The summed E-state index contributed by atoms with van der Waals surface area (Å²) in [5, 5.41) is 14.9. The minimum Gasteiger partial charge on any atom is -0.326 e. The van der Waals surface area contributed by atoms with Gasteiger partial charge in [0.25, 0.3) is 5.91 Å². The molecular weight excluding hydrogens is 426 g/mol. The Bertz CT molecular complexity index is 1130. The lowest BCUT2D eigenvalue weighted by atomic mass is 10.1. The highest BCUT2D eigenvalue weighted by Gasteiger charge is 2.35. The van der Waals surface area contributed by atoms with E-state index in [1.165, 1.54) is 11.3 Å². The maximum Gasteiger partial charge on any atom is 0.257 e. The molecule has 164 valence electrons. The van der Waals surface area contributed by atoms with E-state index in [0.29, 0.717) is 22.9 Å². The van der Waals surface area contributed by atoms with E-state index >= 15 is 0 Å². The molecule has 0 saturated carbocycles. The molecule has 8 nitrogen and oxygen atoms in total. The van der Waals surface area contributed by atoms with Gasteiger partial charge in [0.05, 0.1) is 5.92 Å². The number of amides is 3. The van der Waals surface area contributed by atoms with Crippen molar-refractivity contribution in [1.82, 2.24) is 10.2 Å². The second kappa shape index (κ2) is 9.27. The van der Waals surface area contributed by atoms with Crippen molar-refractivity contribution in [3.63, 3.8) is 0 Å². The van der Waals surface area contributed by atoms with Crippen LogP contribution in [0.5, 0.6) is 0 Å². The smallest absolute Gasteiger partial charge is 0.257 e.